The molecule has 0 unspecified atom stereocenters. The lowest BCUT2D eigenvalue weighted by Crippen LogP contribution is -2.31. The molecule has 6 heteroatoms. The van der Waals surface area contributed by atoms with Crippen LogP contribution in [0.4, 0.5) is 0 Å². The van der Waals surface area contributed by atoms with Crippen LogP contribution in [-0.2, 0) is 4.79 Å². The molecular formula is C9H4ClN2O3-. The number of aliphatic carboxylic acids is 1. The highest BCUT2D eigenvalue weighted by atomic mass is 35.5. The van der Waals surface area contributed by atoms with Crippen molar-refractivity contribution in [2.45, 2.75) is 0 Å². The second-order valence-corrected chi connectivity index (χ2v) is 3.24. The van der Waals surface area contributed by atoms with E-state index in [9.17, 15) is 14.7 Å². The van der Waals surface area contributed by atoms with Gasteiger partial charge in [-0.3, -0.25) is 9.78 Å². The van der Waals surface area contributed by atoms with Crippen molar-refractivity contribution in [2.24, 2.45) is 0 Å². The molecule has 0 aliphatic heterocycles. The molecule has 2 aromatic heterocycles. The summed E-state index contributed by atoms with van der Waals surface area (Å²) in [5.74, 6) is -2.88. The van der Waals surface area contributed by atoms with Gasteiger partial charge in [-0.2, -0.15) is 0 Å². The zero-order valence-electron chi connectivity index (χ0n) is 7.28. The van der Waals surface area contributed by atoms with Gasteiger partial charge in [-0.15, -0.1) is 0 Å². The smallest absolute Gasteiger partial charge is 0.212 e. The van der Waals surface area contributed by atoms with Crippen LogP contribution in [0, 0.1) is 0 Å². The predicted molar refractivity (Wildman–Crippen MR) is 50.4 cm³/mol. The minimum Gasteiger partial charge on any atom is -0.541 e. The van der Waals surface area contributed by atoms with Crippen molar-refractivity contribution in [3.8, 4) is 0 Å². The number of carboxylic acids is 1. The number of hydrogen-bond acceptors (Lipinski definition) is 4. The third-order valence-electron chi connectivity index (χ3n) is 1.95. The molecule has 76 valence electrons. The van der Waals surface area contributed by atoms with E-state index in [1.807, 2.05) is 0 Å². The molecule has 0 amide bonds. The van der Waals surface area contributed by atoms with Gasteiger partial charge in [0.2, 0.25) is 5.78 Å². The van der Waals surface area contributed by atoms with Crippen molar-refractivity contribution in [3.63, 3.8) is 0 Å². The lowest BCUT2D eigenvalue weighted by molar-refractivity contribution is -0.296. The number of rotatable bonds is 2. The van der Waals surface area contributed by atoms with Crippen LogP contribution in [0.5, 0.6) is 0 Å². The number of nitrogens with zero attached hydrogens (tertiary/aromatic N) is 1. The van der Waals surface area contributed by atoms with Crippen molar-refractivity contribution in [2.75, 3.05) is 0 Å². The summed E-state index contributed by atoms with van der Waals surface area (Å²) in [5, 5.41) is 10.8. The van der Waals surface area contributed by atoms with E-state index < -0.39 is 11.8 Å². The SMILES string of the molecule is O=C([O-])C(=O)c1c[nH]c2c(Cl)ccnc12. The van der Waals surface area contributed by atoms with Crippen LogP contribution < -0.4 is 5.11 Å². The number of Topliss-reactive ketones (excluding diaryl/α,β-unsaturated/α-hetero) is 1. The van der Waals surface area contributed by atoms with Gasteiger partial charge in [-0.05, 0) is 6.07 Å². The highest BCUT2D eigenvalue weighted by molar-refractivity contribution is 6.42. The Hall–Kier alpha value is -1.88. The van der Waals surface area contributed by atoms with E-state index in [0.29, 0.717) is 10.5 Å². The summed E-state index contributed by atoms with van der Waals surface area (Å²) in [6.45, 7) is 0. The van der Waals surface area contributed by atoms with E-state index in [1.54, 1.807) is 0 Å². The van der Waals surface area contributed by atoms with E-state index in [0.717, 1.165) is 0 Å². The maximum absolute atomic E-state index is 11.2. The van der Waals surface area contributed by atoms with Gasteiger partial charge in [-0.25, -0.2) is 0 Å². The fourth-order valence-corrected chi connectivity index (χ4v) is 1.48. The Morgan fingerprint density at radius 2 is 2.20 bits per heavy atom. The largest absolute Gasteiger partial charge is 0.541 e. The lowest BCUT2D eigenvalue weighted by Gasteiger charge is -1.98. The van der Waals surface area contributed by atoms with E-state index in [2.05, 4.69) is 9.97 Å². The van der Waals surface area contributed by atoms with Gasteiger partial charge in [-0.1, -0.05) is 11.6 Å². The molecular weight excluding hydrogens is 220 g/mol. The predicted octanol–water partition coefficient (Wildman–Crippen LogP) is 0.149. The molecule has 0 atom stereocenters. The number of H-pyrrole nitrogens is 1. The van der Waals surface area contributed by atoms with Crippen LogP contribution in [0.1, 0.15) is 10.4 Å². The summed E-state index contributed by atoms with van der Waals surface area (Å²) >= 11 is 5.81. The Labute approximate surface area is 88.7 Å². The summed E-state index contributed by atoms with van der Waals surface area (Å²) in [6.07, 6.45) is 2.65. The first kappa shape index (κ1) is 9.67. The molecule has 0 radical (unpaired) electrons. The number of nitrogens with one attached hydrogen (secondary N) is 1. The normalized spacial score (nSPS) is 10.5. The number of aromatic nitrogens is 2. The summed E-state index contributed by atoms with van der Waals surface area (Å²) < 4.78 is 0. The maximum Gasteiger partial charge on any atom is 0.212 e. The molecule has 0 fully saturated rings. The number of pyridine rings is 1. The highest BCUT2D eigenvalue weighted by Gasteiger charge is 2.15. The van der Waals surface area contributed by atoms with Gasteiger partial charge < -0.3 is 14.9 Å². The van der Waals surface area contributed by atoms with Gasteiger partial charge in [0.05, 0.1) is 16.1 Å². The fourth-order valence-electron chi connectivity index (χ4n) is 1.28. The summed E-state index contributed by atoms with van der Waals surface area (Å²) in [4.78, 5) is 28.1. The lowest BCUT2D eigenvalue weighted by atomic mass is 10.2. The molecule has 1 N–H and O–H groups in total. The van der Waals surface area contributed by atoms with E-state index in [4.69, 9.17) is 11.6 Å². The molecule has 0 aliphatic carbocycles. The molecule has 0 aliphatic rings. The number of fused-ring (bicyclic) bond motifs is 1. The highest BCUT2D eigenvalue weighted by Crippen LogP contribution is 2.22. The van der Waals surface area contributed by atoms with Crippen molar-refractivity contribution in [3.05, 3.63) is 29.0 Å². The topological polar surface area (TPSA) is 85.9 Å². The molecule has 0 saturated carbocycles. The van der Waals surface area contributed by atoms with Crippen LogP contribution in [0.2, 0.25) is 5.02 Å². The van der Waals surface area contributed by atoms with Gasteiger partial charge in [0.1, 0.15) is 11.5 Å². The number of carbonyl (C=O) groups is 2. The van der Waals surface area contributed by atoms with Gasteiger partial charge in [0, 0.05) is 12.4 Å². The number of halogens is 1. The number of hydrogen-bond donors (Lipinski definition) is 1. The standard InChI is InChI=1S/C9H5ClN2O3/c10-5-1-2-11-6-4(3-12-7(5)6)8(13)9(14)15/h1-3,12H,(H,14,15)/p-1. The van der Waals surface area contributed by atoms with E-state index in [-0.39, 0.29) is 11.1 Å². The Bertz CT molecular complexity index is 561. The summed E-state index contributed by atoms with van der Waals surface area (Å²) in [7, 11) is 0. The van der Waals surface area contributed by atoms with E-state index >= 15 is 0 Å². The molecule has 0 saturated heterocycles. The van der Waals surface area contributed by atoms with Crippen molar-refractivity contribution in [1.82, 2.24) is 9.97 Å². The average molecular weight is 224 g/mol. The Morgan fingerprint density at radius 1 is 1.47 bits per heavy atom. The first-order chi connectivity index (χ1) is 7.11. The number of ketones is 1. The minimum absolute atomic E-state index is 0.0486. The molecule has 2 aromatic rings. The van der Waals surface area contributed by atoms with Crippen LogP contribution in [-0.4, -0.2) is 21.7 Å². The van der Waals surface area contributed by atoms with Crippen molar-refractivity contribution in [1.29, 1.82) is 0 Å². The fraction of sp³-hybridized carbons (Fsp3) is 0. The van der Waals surface area contributed by atoms with Gasteiger partial charge >= 0.3 is 0 Å². The molecule has 0 bridgehead atoms. The van der Waals surface area contributed by atoms with Crippen LogP contribution in [0.25, 0.3) is 11.0 Å². The number of carboxylic acid groups (broad SMARTS) is 1. The van der Waals surface area contributed by atoms with Crippen molar-refractivity contribution < 1.29 is 14.7 Å². The summed E-state index contributed by atoms with van der Waals surface area (Å²) in [5.41, 5.74) is 0.618. The molecule has 15 heavy (non-hydrogen) atoms. The monoisotopic (exact) mass is 223 g/mol. The quantitative estimate of drug-likeness (QED) is 0.580. The van der Waals surface area contributed by atoms with Gasteiger partial charge in [0.15, 0.2) is 0 Å². The minimum atomic E-state index is -1.77. The first-order valence-electron chi connectivity index (χ1n) is 3.98. The van der Waals surface area contributed by atoms with Crippen LogP contribution in [0.15, 0.2) is 18.5 Å². The molecule has 5 nitrogen and oxygen atoms in total. The maximum atomic E-state index is 11.2. The zero-order chi connectivity index (χ0) is 11.0. The second kappa shape index (κ2) is 3.36. The third-order valence-corrected chi connectivity index (χ3v) is 2.26. The number of carbonyl (C=O) groups excluding carboxylic acids is 2. The number of aromatic amines is 1. The Morgan fingerprint density at radius 3 is 2.87 bits per heavy atom. The van der Waals surface area contributed by atoms with Gasteiger partial charge in [0.25, 0.3) is 0 Å². The second-order valence-electron chi connectivity index (χ2n) is 2.84. The third kappa shape index (κ3) is 1.46. The van der Waals surface area contributed by atoms with Crippen molar-refractivity contribution >= 4 is 34.4 Å². The zero-order valence-corrected chi connectivity index (χ0v) is 8.04. The molecule has 2 rings (SSSR count). The summed E-state index contributed by atoms with van der Waals surface area (Å²) in [6, 6.07) is 1.54. The molecule has 0 spiro atoms. The Balaban J connectivity index is 2.69. The average Bonchev–Trinajstić information content (AvgIpc) is 2.61. The van der Waals surface area contributed by atoms with Crippen LogP contribution >= 0.6 is 11.6 Å². The molecule has 2 heterocycles. The Kier molecular flexibility index (Phi) is 2.17. The van der Waals surface area contributed by atoms with E-state index in [1.165, 1.54) is 18.5 Å². The molecule has 0 aromatic carbocycles. The van der Waals surface area contributed by atoms with Crippen LogP contribution in [0.3, 0.4) is 0 Å². The first-order valence-corrected chi connectivity index (χ1v) is 4.36.